The minimum atomic E-state index is -2.93. The van der Waals surface area contributed by atoms with Crippen molar-refractivity contribution in [3.05, 3.63) is 0 Å². The molecule has 1 unspecified atom stereocenters. The van der Waals surface area contributed by atoms with Crippen LogP contribution in [0.5, 0.6) is 0 Å². The van der Waals surface area contributed by atoms with Crippen LogP contribution in [0.1, 0.15) is 19.3 Å². The average Bonchev–Trinajstić information content (AvgIpc) is 2.28. The van der Waals surface area contributed by atoms with Crippen molar-refractivity contribution in [2.75, 3.05) is 20.3 Å². The summed E-state index contributed by atoms with van der Waals surface area (Å²) in [6.07, 6.45) is -0.0495. The third-order valence-corrected chi connectivity index (χ3v) is 2.81. The van der Waals surface area contributed by atoms with Crippen LogP contribution in [0.15, 0.2) is 0 Å². The van der Waals surface area contributed by atoms with Gasteiger partial charge in [-0.15, -0.1) is 0 Å². The van der Waals surface area contributed by atoms with Crippen molar-refractivity contribution >= 4 is 5.97 Å². The molecule has 0 radical (unpaired) electrons. The predicted molar refractivity (Wildman–Crippen MR) is 53.1 cm³/mol. The van der Waals surface area contributed by atoms with E-state index in [4.69, 9.17) is 10.5 Å². The molecule has 0 spiro atoms. The SMILES string of the molecule is COC(=O)C(N)CC(F)(F)C1CCOCC1. The van der Waals surface area contributed by atoms with Gasteiger partial charge in [0.1, 0.15) is 6.04 Å². The largest absolute Gasteiger partial charge is 0.468 e. The molecule has 16 heavy (non-hydrogen) atoms. The molecule has 1 aliphatic heterocycles. The number of carbonyl (C=O) groups is 1. The Labute approximate surface area is 93.1 Å². The fourth-order valence-corrected chi connectivity index (χ4v) is 1.81. The quantitative estimate of drug-likeness (QED) is 0.739. The summed E-state index contributed by atoms with van der Waals surface area (Å²) in [6, 6.07) is -1.26. The highest BCUT2D eigenvalue weighted by Crippen LogP contribution is 2.35. The van der Waals surface area contributed by atoms with Crippen molar-refractivity contribution in [3.63, 3.8) is 0 Å². The summed E-state index contributed by atoms with van der Waals surface area (Å²) in [5.41, 5.74) is 5.33. The number of halogens is 2. The van der Waals surface area contributed by atoms with E-state index in [-0.39, 0.29) is 0 Å². The summed E-state index contributed by atoms with van der Waals surface area (Å²) < 4.78 is 36.8. The minimum Gasteiger partial charge on any atom is -0.468 e. The van der Waals surface area contributed by atoms with Crippen LogP contribution in [0.2, 0.25) is 0 Å². The Bertz CT molecular complexity index is 242. The molecule has 6 heteroatoms. The van der Waals surface area contributed by atoms with E-state index in [2.05, 4.69) is 4.74 Å². The van der Waals surface area contributed by atoms with Crippen molar-refractivity contribution in [2.45, 2.75) is 31.2 Å². The molecule has 0 amide bonds. The van der Waals surface area contributed by atoms with Crippen molar-refractivity contribution in [1.82, 2.24) is 0 Å². The zero-order valence-electron chi connectivity index (χ0n) is 9.25. The maximum atomic E-state index is 13.7. The molecule has 1 rings (SSSR count). The van der Waals surface area contributed by atoms with Crippen LogP contribution >= 0.6 is 0 Å². The normalized spacial score (nSPS) is 20.5. The van der Waals surface area contributed by atoms with E-state index in [1.54, 1.807) is 0 Å². The predicted octanol–water partition coefficient (Wildman–Crippen LogP) is 0.939. The molecule has 2 N–H and O–H groups in total. The number of methoxy groups -OCH3 is 1. The van der Waals surface area contributed by atoms with Crippen molar-refractivity contribution in [2.24, 2.45) is 11.7 Å². The number of nitrogens with two attached hydrogens (primary N) is 1. The lowest BCUT2D eigenvalue weighted by Crippen LogP contribution is -2.42. The van der Waals surface area contributed by atoms with Gasteiger partial charge >= 0.3 is 5.97 Å². The van der Waals surface area contributed by atoms with Gasteiger partial charge in [-0.25, -0.2) is 8.78 Å². The topological polar surface area (TPSA) is 61.5 Å². The molecule has 0 aromatic carbocycles. The number of hydrogen-bond acceptors (Lipinski definition) is 4. The highest BCUT2D eigenvalue weighted by Gasteiger charge is 2.42. The first kappa shape index (κ1) is 13.3. The summed E-state index contributed by atoms with van der Waals surface area (Å²) in [7, 11) is 1.13. The van der Waals surface area contributed by atoms with E-state index < -0.39 is 30.3 Å². The second-order valence-corrected chi connectivity index (χ2v) is 3.98. The first-order valence-corrected chi connectivity index (χ1v) is 5.26. The van der Waals surface area contributed by atoms with Gasteiger partial charge < -0.3 is 15.2 Å². The Kier molecular flexibility index (Phi) is 4.61. The Morgan fingerprint density at radius 3 is 2.62 bits per heavy atom. The summed E-state index contributed by atoms with van der Waals surface area (Å²) in [5.74, 6) is -4.49. The molecular formula is C10H17F2NO3. The minimum absolute atomic E-state index is 0.306. The maximum absolute atomic E-state index is 13.7. The lowest BCUT2D eigenvalue weighted by Gasteiger charge is -2.31. The highest BCUT2D eigenvalue weighted by atomic mass is 19.3. The molecule has 1 saturated heterocycles. The lowest BCUT2D eigenvalue weighted by atomic mass is 9.89. The smallest absolute Gasteiger partial charge is 0.322 e. The average molecular weight is 237 g/mol. The zero-order valence-corrected chi connectivity index (χ0v) is 9.25. The fourth-order valence-electron chi connectivity index (χ4n) is 1.81. The molecule has 0 aliphatic carbocycles. The number of hydrogen-bond donors (Lipinski definition) is 1. The second kappa shape index (κ2) is 5.54. The molecule has 1 atom stereocenters. The van der Waals surface area contributed by atoms with Crippen LogP contribution in [-0.2, 0) is 14.3 Å². The van der Waals surface area contributed by atoms with E-state index in [1.165, 1.54) is 0 Å². The van der Waals surface area contributed by atoms with Gasteiger partial charge in [-0.2, -0.15) is 0 Å². The van der Waals surface area contributed by atoms with Crippen LogP contribution in [0.25, 0.3) is 0 Å². The highest BCUT2D eigenvalue weighted by molar-refractivity contribution is 5.75. The molecule has 1 heterocycles. The molecule has 1 aliphatic rings. The van der Waals surface area contributed by atoms with Crippen LogP contribution < -0.4 is 5.73 Å². The van der Waals surface area contributed by atoms with Gasteiger partial charge in [0.25, 0.3) is 5.92 Å². The molecule has 94 valence electrons. The number of rotatable bonds is 4. The monoisotopic (exact) mass is 237 g/mol. The molecule has 0 bridgehead atoms. The Hall–Kier alpha value is -0.750. The second-order valence-electron chi connectivity index (χ2n) is 3.98. The van der Waals surface area contributed by atoms with Crippen LogP contribution in [0, 0.1) is 5.92 Å². The van der Waals surface area contributed by atoms with Crippen molar-refractivity contribution in [1.29, 1.82) is 0 Å². The van der Waals surface area contributed by atoms with Crippen LogP contribution in [-0.4, -0.2) is 38.3 Å². The number of ether oxygens (including phenoxy) is 2. The van der Waals surface area contributed by atoms with E-state index in [0.717, 1.165) is 7.11 Å². The fraction of sp³-hybridized carbons (Fsp3) is 0.900. The molecule has 0 aromatic heterocycles. The van der Waals surface area contributed by atoms with Gasteiger partial charge in [0.15, 0.2) is 0 Å². The van der Waals surface area contributed by atoms with E-state index >= 15 is 0 Å². The van der Waals surface area contributed by atoms with Crippen molar-refractivity contribution < 1.29 is 23.0 Å². The standard InChI is InChI=1S/C10H17F2NO3/c1-15-9(14)8(13)6-10(11,12)7-2-4-16-5-3-7/h7-8H,2-6,13H2,1H3. The summed E-state index contributed by atoms with van der Waals surface area (Å²) in [6.45, 7) is 0.682. The summed E-state index contributed by atoms with van der Waals surface area (Å²) in [4.78, 5) is 11.0. The van der Waals surface area contributed by atoms with Gasteiger partial charge in [-0.1, -0.05) is 0 Å². The number of alkyl halides is 2. The Morgan fingerprint density at radius 2 is 2.12 bits per heavy atom. The first-order valence-electron chi connectivity index (χ1n) is 5.26. The molecule has 0 saturated carbocycles. The van der Waals surface area contributed by atoms with E-state index in [0.29, 0.717) is 26.1 Å². The van der Waals surface area contributed by atoms with E-state index in [1.807, 2.05) is 0 Å². The van der Waals surface area contributed by atoms with Crippen LogP contribution in [0.3, 0.4) is 0 Å². The zero-order chi connectivity index (χ0) is 12.2. The van der Waals surface area contributed by atoms with Gasteiger partial charge in [0.2, 0.25) is 0 Å². The molecule has 0 aromatic rings. The summed E-state index contributed by atoms with van der Waals surface area (Å²) >= 11 is 0. The van der Waals surface area contributed by atoms with Gasteiger partial charge in [0.05, 0.1) is 7.11 Å². The lowest BCUT2D eigenvalue weighted by molar-refractivity contribution is -0.148. The molecular weight excluding hydrogens is 220 g/mol. The maximum Gasteiger partial charge on any atom is 0.322 e. The van der Waals surface area contributed by atoms with Gasteiger partial charge in [-0.3, -0.25) is 4.79 Å². The van der Waals surface area contributed by atoms with E-state index in [9.17, 15) is 13.6 Å². The summed E-state index contributed by atoms with van der Waals surface area (Å²) in [5, 5.41) is 0. The third kappa shape index (κ3) is 3.38. The first-order chi connectivity index (χ1) is 7.47. The Balaban J connectivity index is 2.52. The third-order valence-electron chi connectivity index (χ3n) is 2.81. The number of carbonyl (C=O) groups excluding carboxylic acids is 1. The molecule has 1 fully saturated rings. The number of esters is 1. The van der Waals surface area contributed by atoms with Gasteiger partial charge in [0, 0.05) is 25.6 Å². The van der Waals surface area contributed by atoms with Crippen LogP contribution in [0.4, 0.5) is 8.78 Å². The van der Waals surface area contributed by atoms with Gasteiger partial charge in [-0.05, 0) is 12.8 Å². The molecule has 4 nitrogen and oxygen atoms in total. The Morgan fingerprint density at radius 1 is 1.56 bits per heavy atom. The van der Waals surface area contributed by atoms with Crippen molar-refractivity contribution in [3.8, 4) is 0 Å².